The molecular weight excluding hydrogens is 918 g/mol. The number of carboxylic acid groups (broad SMARTS) is 1. The van der Waals surface area contributed by atoms with Gasteiger partial charge < -0.3 is 28.2 Å². The summed E-state index contributed by atoms with van der Waals surface area (Å²) in [5, 5.41) is 9.18. The van der Waals surface area contributed by atoms with Crippen molar-refractivity contribution in [2.24, 2.45) is 0 Å². The van der Waals surface area contributed by atoms with Crippen LogP contribution in [0.5, 0.6) is 0 Å². The molecule has 23 heteroatoms. The summed E-state index contributed by atoms with van der Waals surface area (Å²) in [5.41, 5.74) is 1.17. The number of carboxylic acids is 1. The first-order valence-electron chi connectivity index (χ1n) is 17.0. The van der Waals surface area contributed by atoms with Crippen LogP contribution in [0.2, 0.25) is 0 Å². The van der Waals surface area contributed by atoms with Gasteiger partial charge in [0.2, 0.25) is 5.69 Å². The van der Waals surface area contributed by atoms with Gasteiger partial charge in [0.1, 0.15) is 26.8 Å². The molecule has 0 amide bonds. The Morgan fingerprint density at radius 3 is 1.84 bits per heavy atom. The molecule has 0 aromatic heterocycles. The quantitative estimate of drug-likeness (QED) is 0.0479. The third kappa shape index (κ3) is 15.1. The van der Waals surface area contributed by atoms with E-state index in [1.54, 1.807) is 60.6 Å². The Morgan fingerprint density at radius 1 is 0.741 bits per heavy atom. The van der Waals surface area contributed by atoms with Crippen molar-refractivity contribution in [1.29, 1.82) is 0 Å². The maximum Gasteiger partial charge on any atom is 1.00 e. The van der Waals surface area contributed by atoms with E-state index in [2.05, 4.69) is 0 Å². The Hall–Kier alpha value is 1.15. The fourth-order valence-corrected chi connectivity index (χ4v) is 9.11. The molecule has 1 unspecified atom stereocenters. The summed E-state index contributed by atoms with van der Waals surface area (Å²) in [6.45, 7) is 5.45. The number of unbranched alkanes of at least 4 members (excludes halogenated alkanes) is 1. The number of aliphatic carboxylic acids is 1. The summed E-state index contributed by atoms with van der Waals surface area (Å²) >= 11 is 0. The average molecular weight is 959 g/mol. The van der Waals surface area contributed by atoms with Crippen LogP contribution >= 0.6 is 0 Å². The molecule has 1 atom stereocenters. The van der Waals surface area contributed by atoms with E-state index in [9.17, 15) is 61.8 Å². The molecule has 0 saturated carbocycles. The van der Waals surface area contributed by atoms with Crippen LogP contribution in [0.1, 0.15) is 70.4 Å². The van der Waals surface area contributed by atoms with Crippen molar-refractivity contribution in [3.8, 4) is 0 Å². The van der Waals surface area contributed by atoms with Crippen LogP contribution in [0.4, 0.5) is 11.4 Å². The van der Waals surface area contributed by atoms with Gasteiger partial charge in [0.05, 0.1) is 35.4 Å². The van der Waals surface area contributed by atoms with Crippen molar-refractivity contribution in [2.75, 3.05) is 29.5 Å². The molecule has 0 saturated heterocycles. The Labute approximate surface area is 468 Å². The van der Waals surface area contributed by atoms with Gasteiger partial charge in [0, 0.05) is 65.4 Å². The van der Waals surface area contributed by atoms with E-state index in [0.29, 0.717) is 46.8 Å². The van der Waals surface area contributed by atoms with Crippen LogP contribution < -0.4 is 159 Å². The van der Waals surface area contributed by atoms with E-state index in [1.165, 1.54) is 24.3 Å². The normalized spacial score (nSPS) is 18.5. The molecule has 0 fully saturated rings. The minimum absolute atomic E-state index is 0. The summed E-state index contributed by atoms with van der Waals surface area (Å²) in [4.78, 5) is 12.0. The molecular formula is C35H41K3N2O14S4. The summed E-state index contributed by atoms with van der Waals surface area (Å²) in [6.07, 6.45) is 9.03. The number of hydrogen-bond donors (Lipinski definition) is 1. The Bertz CT molecular complexity index is 2430. The maximum absolute atomic E-state index is 12.0. The second kappa shape index (κ2) is 22.9. The van der Waals surface area contributed by atoms with Gasteiger partial charge in [-0.25, -0.2) is 33.7 Å². The van der Waals surface area contributed by atoms with Crippen LogP contribution in [0.15, 0.2) is 82.3 Å². The summed E-state index contributed by atoms with van der Waals surface area (Å²) in [6, 6.07) is 7.68. The van der Waals surface area contributed by atoms with E-state index in [0.717, 1.165) is 12.1 Å². The van der Waals surface area contributed by atoms with E-state index < -0.39 is 78.6 Å². The zero-order chi connectivity index (χ0) is 41.2. The van der Waals surface area contributed by atoms with Crippen LogP contribution in [0, 0.1) is 0 Å². The minimum Gasteiger partial charge on any atom is -0.748 e. The van der Waals surface area contributed by atoms with Crippen LogP contribution in [-0.4, -0.2) is 97.8 Å². The molecule has 16 nitrogen and oxygen atoms in total. The number of anilines is 1. The van der Waals surface area contributed by atoms with Gasteiger partial charge in [-0.3, -0.25) is 4.79 Å². The topological polar surface area (TPSA) is 272 Å². The minimum atomic E-state index is -4.88. The monoisotopic (exact) mass is 958 g/mol. The number of rotatable bonds is 18. The molecule has 2 aromatic carbocycles. The van der Waals surface area contributed by atoms with Crippen molar-refractivity contribution < 1.29 is 221 Å². The predicted molar refractivity (Wildman–Crippen MR) is 197 cm³/mol. The standard InChI is InChI=1S/C35H44N2O14S4.3K/c1-34(2)27-23-25(54(46,47)48)14-16-29(27)36(19-9-21-52(40,41)42)31(34)11-5-4-6-12-32-35(3,18-8-7-13-33(38)39)28-24-26(55(49,50)51)15-17-30(28)37(32)20-10-22-53(43,44)45;;;/h4-6,11-12,14-17,23-24H,7-10,13,18-22H2,1-3H3,(H4-,38,39,40,41,42,43,44,45,46,47,48,49,50,51);;;/q;3*+1/p-3. The van der Waals surface area contributed by atoms with Gasteiger partial charge in [0.15, 0.2) is 5.71 Å². The van der Waals surface area contributed by atoms with Crippen LogP contribution in [0.3, 0.4) is 0 Å². The first kappa shape index (κ1) is 57.2. The van der Waals surface area contributed by atoms with E-state index in [4.69, 9.17) is 0 Å². The van der Waals surface area contributed by atoms with E-state index >= 15 is 0 Å². The van der Waals surface area contributed by atoms with Crippen molar-refractivity contribution >= 4 is 63.5 Å². The fourth-order valence-electron chi connectivity index (χ4n) is 7.15. The number of allylic oxidation sites excluding steroid dienone is 6. The first-order valence-corrected chi connectivity index (χ1v) is 23.0. The third-order valence-electron chi connectivity index (χ3n) is 9.75. The summed E-state index contributed by atoms with van der Waals surface area (Å²) in [5.74, 6) is -2.32. The molecule has 4 rings (SSSR count). The van der Waals surface area contributed by atoms with E-state index in [-0.39, 0.29) is 193 Å². The number of nitrogens with zero attached hydrogens (tertiary/aromatic N) is 2. The molecule has 2 aliphatic rings. The maximum atomic E-state index is 12.0. The molecule has 0 aliphatic carbocycles. The Balaban J connectivity index is 0.00000561. The van der Waals surface area contributed by atoms with Gasteiger partial charge in [0.25, 0.3) is 0 Å². The molecule has 58 heavy (non-hydrogen) atoms. The second-order valence-corrected chi connectivity index (χ2v) is 19.8. The molecule has 0 radical (unpaired) electrons. The van der Waals surface area contributed by atoms with Crippen molar-refractivity contribution in [2.45, 2.75) is 79.9 Å². The number of benzene rings is 2. The van der Waals surface area contributed by atoms with Crippen molar-refractivity contribution in [3.05, 3.63) is 83.6 Å². The molecule has 2 aromatic rings. The van der Waals surface area contributed by atoms with E-state index in [1.807, 2.05) is 0 Å². The zero-order valence-corrected chi connectivity index (χ0v) is 45.8. The molecule has 1 N–H and O–H groups in total. The molecule has 0 bridgehead atoms. The van der Waals surface area contributed by atoms with Crippen molar-refractivity contribution in [1.82, 2.24) is 0 Å². The number of carbonyl (C=O) groups is 1. The van der Waals surface area contributed by atoms with Gasteiger partial charge in [-0.1, -0.05) is 24.6 Å². The average Bonchev–Trinajstić information content (AvgIpc) is 3.40. The number of fused-ring (bicyclic) bond motifs is 2. The second-order valence-electron chi connectivity index (χ2n) is 14.0. The third-order valence-corrected chi connectivity index (χ3v) is 13.0. The van der Waals surface area contributed by atoms with Gasteiger partial charge in [-0.05, 0) is 82.0 Å². The zero-order valence-electron chi connectivity index (χ0n) is 33.2. The molecule has 2 heterocycles. The van der Waals surface area contributed by atoms with Crippen LogP contribution in [-0.2, 0) is 56.1 Å². The summed E-state index contributed by atoms with van der Waals surface area (Å²) in [7, 11) is -18.8. The van der Waals surface area contributed by atoms with Gasteiger partial charge in [-0.2, -0.15) is 4.58 Å². The SMILES string of the molecule is CC1(C)C(/C=C/C=C/C=C2/N(CCCS(=O)(=O)[O-])c3ccc(S(=O)(=O)[O-])cc3C2(C)CCCCC(=O)O)=[N+](CCCS(=O)(=O)[O-])c2ccc(S(=O)(=O)[O-])cc21.[K+].[K+].[K+]. The van der Waals surface area contributed by atoms with Gasteiger partial charge in [-0.15, -0.1) is 0 Å². The Morgan fingerprint density at radius 2 is 1.29 bits per heavy atom. The largest absolute Gasteiger partial charge is 1.00 e. The first-order chi connectivity index (χ1) is 25.3. The smallest absolute Gasteiger partial charge is 0.748 e. The molecule has 0 spiro atoms. The molecule has 302 valence electrons. The van der Waals surface area contributed by atoms with Gasteiger partial charge >= 0.3 is 160 Å². The fraction of sp³-hybridized carbons (Fsp3) is 0.429. The Kier molecular flexibility index (Phi) is 22.5. The number of hydrogen-bond acceptors (Lipinski definition) is 14. The summed E-state index contributed by atoms with van der Waals surface area (Å²) < 4.78 is 142. The van der Waals surface area contributed by atoms with Crippen molar-refractivity contribution in [3.63, 3.8) is 0 Å². The molecule has 2 aliphatic heterocycles. The predicted octanol–water partition coefficient (Wildman–Crippen LogP) is -5.83. The van der Waals surface area contributed by atoms with Crippen LogP contribution in [0.25, 0.3) is 0 Å².